The second kappa shape index (κ2) is 5.99. The summed E-state index contributed by atoms with van der Waals surface area (Å²) in [5, 5.41) is 11.1. The molecule has 5 nitrogen and oxygen atoms in total. The molecule has 2 aromatic carbocycles. The highest BCUT2D eigenvalue weighted by Crippen LogP contribution is 2.42. The first-order chi connectivity index (χ1) is 12.8. The van der Waals surface area contributed by atoms with Gasteiger partial charge in [-0.3, -0.25) is 4.79 Å². The molecule has 0 bridgehead atoms. The van der Waals surface area contributed by atoms with Gasteiger partial charge in [-0.2, -0.15) is 4.98 Å². The predicted octanol–water partition coefficient (Wildman–Crippen LogP) is 4.18. The average Bonchev–Trinajstić information content (AvgIpc) is 3.09. The summed E-state index contributed by atoms with van der Waals surface area (Å²) in [4.78, 5) is 17.5. The van der Waals surface area contributed by atoms with Crippen molar-refractivity contribution in [3.05, 3.63) is 59.3 Å². The molecule has 0 saturated carbocycles. The van der Waals surface area contributed by atoms with Crippen LogP contribution in [0.4, 0.5) is 5.95 Å². The molecule has 1 aliphatic carbocycles. The van der Waals surface area contributed by atoms with Gasteiger partial charge in [0.05, 0.1) is 0 Å². The molecule has 3 aromatic rings. The molecule has 1 unspecified atom stereocenters. The Morgan fingerprint density at radius 3 is 2.88 bits per heavy atom. The first-order valence-electron chi connectivity index (χ1n) is 8.77. The summed E-state index contributed by atoms with van der Waals surface area (Å²) in [5.74, 6) is 0.935. The molecule has 130 valence electrons. The topological polar surface area (TPSA) is 59.8 Å². The molecule has 1 N–H and O–H groups in total. The van der Waals surface area contributed by atoms with Crippen molar-refractivity contribution in [3.63, 3.8) is 0 Å². The second-order valence-electron chi connectivity index (χ2n) is 6.63. The number of nitrogens with zero attached hydrogens (tertiary/aromatic N) is 3. The average molecular weight is 362 g/mol. The lowest BCUT2D eigenvalue weighted by molar-refractivity contribution is -0.116. The zero-order valence-electron chi connectivity index (χ0n) is 14.4. The third-order valence-electron chi connectivity index (χ3n) is 5.15. The van der Waals surface area contributed by atoms with E-state index in [-0.39, 0.29) is 11.8 Å². The van der Waals surface area contributed by atoms with Crippen molar-refractivity contribution < 1.29 is 4.79 Å². The number of carbonyl (C=O) groups excluding carboxylic acids is 1. The first kappa shape index (κ1) is 15.6. The summed E-state index contributed by atoms with van der Waals surface area (Å²) in [6.07, 6.45) is 4.33. The quantitative estimate of drug-likeness (QED) is 0.693. The summed E-state index contributed by atoms with van der Waals surface area (Å²) in [6.45, 7) is 0. The summed E-state index contributed by atoms with van der Waals surface area (Å²) < 4.78 is 1.88. The van der Waals surface area contributed by atoms with E-state index < -0.39 is 0 Å². The van der Waals surface area contributed by atoms with Crippen molar-refractivity contribution in [2.45, 2.75) is 30.5 Å². The van der Waals surface area contributed by atoms with E-state index in [0.717, 1.165) is 41.0 Å². The number of rotatable bonds is 2. The van der Waals surface area contributed by atoms with E-state index in [4.69, 9.17) is 0 Å². The molecule has 1 atom stereocenters. The Kier molecular flexibility index (Phi) is 3.60. The highest BCUT2D eigenvalue weighted by atomic mass is 32.2. The molecule has 26 heavy (non-hydrogen) atoms. The molecule has 0 saturated heterocycles. The lowest BCUT2D eigenvalue weighted by atomic mass is 9.84. The zero-order chi connectivity index (χ0) is 17.7. The normalized spacial score (nSPS) is 19.3. The van der Waals surface area contributed by atoms with Crippen molar-refractivity contribution in [1.29, 1.82) is 0 Å². The Bertz CT molecular complexity index is 1060. The number of carbonyl (C=O) groups is 1. The Morgan fingerprint density at radius 1 is 1.15 bits per heavy atom. The molecular weight excluding hydrogens is 344 g/mol. The van der Waals surface area contributed by atoms with Gasteiger partial charge in [-0.25, -0.2) is 4.68 Å². The lowest BCUT2D eigenvalue weighted by Crippen LogP contribution is -2.31. The Morgan fingerprint density at radius 2 is 2.00 bits per heavy atom. The maximum atomic E-state index is 12.9. The molecule has 0 spiro atoms. The molecular formula is C20H18N4OS. The fourth-order valence-corrected chi connectivity index (χ4v) is 4.35. The smallest absolute Gasteiger partial charge is 0.227 e. The zero-order valence-corrected chi connectivity index (χ0v) is 15.2. The van der Waals surface area contributed by atoms with Crippen LogP contribution in [-0.2, 0) is 4.79 Å². The third-order valence-corrected chi connectivity index (χ3v) is 5.69. The van der Waals surface area contributed by atoms with Crippen LogP contribution in [0.1, 0.15) is 30.9 Å². The van der Waals surface area contributed by atoms with Crippen molar-refractivity contribution >= 4 is 34.3 Å². The predicted molar refractivity (Wildman–Crippen MR) is 103 cm³/mol. The number of Topliss-reactive ketones (excluding diaryl/α,β-unsaturated/α-hetero) is 1. The van der Waals surface area contributed by atoms with Crippen LogP contribution >= 0.6 is 11.8 Å². The monoisotopic (exact) mass is 362 g/mol. The maximum Gasteiger partial charge on any atom is 0.227 e. The molecule has 6 heteroatoms. The van der Waals surface area contributed by atoms with Crippen molar-refractivity contribution in [2.24, 2.45) is 0 Å². The SMILES string of the molecule is CSc1nc2n(n1)C(c1cccc3ccccc13)C1=C(CCCC1=O)N2. The highest BCUT2D eigenvalue weighted by molar-refractivity contribution is 7.98. The van der Waals surface area contributed by atoms with E-state index >= 15 is 0 Å². The van der Waals surface area contributed by atoms with Gasteiger partial charge in [0.15, 0.2) is 5.78 Å². The Balaban J connectivity index is 1.80. The van der Waals surface area contributed by atoms with E-state index in [1.807, 2.05) is 23.1 Å². The molecule has 2 aliphatic rings. The van der Waals surface area contributed by atoms with Crippen molar-refractivity contribution in [2.75, 3.05) is 11.6 Å². The van der Waals surface area contributed by atoms with Crippen LogP contribution in [0.5, 0.6) is 0 Å². The van der Waals surface area contributed by atoms with Crippen LogP contribution in [0.15, 0.2) is 58.9 Å². The number of fused-ring (bicyclic) bond motifs is 2. The molecule has 0 radical (unpaired) electrons. The fourth-order valence-electron chi connectivity index (χ4n) is 4.00. The maximum absolute atomic E-state index is 12.9. The summed E-state index contributed by atoms with van der Waals surface area (Å²) in [6, 6.07) is 14.3. The van der Waals surface area contributed by atoms with E-state index in [0.29, 0.717) is 11.6 Å². The van der Waals surface area contributed by atoms with Gasteiger partial charge in [-0.05, 0) is 35.4 Å². The Labute approximate surface area is 155 Å². The van der Waals surface area contributed by atoms with E-state index in [1.54, 1.807) is 0 Å². The van der Waals surface area contributed by atoms with Crippen LogP contribution in [0.3, 0.4) is 0 Å². The van der Waals surface area contributed by atoms with Gasteiger partial charge in [-0.15, -0.1) is 5.10 Å². The summed E-state index contributed by atoms with van der Waals surface area (Å²) in [7, 11) is 0. The number of anilines is 1. The minimum absolute atomic E-state index is 0.212. The van der Waals surface area contributed by atoms with Gasteiger partial charge in [0.1, 0.15) is 6.04 Å². The minimum atomic E-state index is -0.228. The lowest BCUT2D eigenvalue weighted by Gasteiger charge is -2.32. The number of aromatic nitrogens is 3. The summed E-state index contributed by atoms with van der Waals surface area (Å²) >= 11 is 1.51. The number of benzene rings is 2. The van der Waals surface area contributed by atoms with Crippen LogP contribution in [0.25, 0.3) is 10.8 Å². The molecule has 2 heterocycles. The van der Waals surface area contributed by atoms with Gasteiger partial charge in [0.2, 0.25) is 11.1 Å². The van der Waals surface area contributed by atoms with Crippen LogP contribution in [-0.4, -0.2) is 26.8 Å². The fraction of sp³-hybridized carbons (Fsp3) is 0.250. The van der Waals surface area contributed by atoms with Crippen molar-refractivity contribution in [1.82, 2.24) is 14.8 Å². The second-order valence-corrected chi connectivity index (χ2v) is 7.40. The highest BCUT2D eigenvalue weighted by Gasteiger charge is 2.37. The molecule has 1 aliphatic heterocycles. The van der Waals surface area contributed by atoms with E-state index in [9.17, 15) is 4.79 Å². The largest absolute Gasteiger partial charge is 0.328 e. The molecule has 5 rings (SSSR count). The number of hydrogen-bond donors (Lipinski definition) is 1. The molecule has 0 fully saturated rings. The van der Waals surface area contributed by atoms with Crippen LogP contribution in [0, 0.1) is 0 Å². The third kappa shape index (κ3) is 2.29. The van der Waals surface area contributed by atoms with Crippen LogP contribution in [0.2, 0.25) is 0 Å². The van der Waals surface area contributed by atoms with E-state index in [2.05, 4.69) is 45.7 Å². The van der Waals surface area contributed by atoms with Crippen LogP contribution < -0.4 is 5.32 Å². The standard InChI is InChI=1S/C20H18N4OS/c1-26-20-22-19-21-15-10-5-11-16(25)17(15)18(24(19)23-20)14-9-4-7-12-6-2-3-8-13(12)14/h2-4,6-9,18H,5,10-11H2,1H3,(H,21,22,23). The summed E-state index contributed by atoms with van der Waals surface area (Å²) in [5.41, 5.74) is 2.95. The number of nitrogens with one attached hydrogen (secondary N) is 1. The van der Waals surface area contributed by atoms with Gasteiger partial charge in [0.25, 0.3) is 0 Å². The van der Waals surface area contributed by atoms with Gasteiger partial charge in [0, 0.05) is 17.7 Å². The van der Waals surface area contributed by atoms with Crippen molar-refractivity contribution in [3.8, 4) is 0 Å². The van der Waals surface area contributed by atoms with E-state index in [1.165, 1.54) is 17.1 Å². The number of allylic oxidation sites excluding steroid dienone is 2. The number of hydrogen-bond acceptors (Lipinski definition) is 5. The number of thioether (sulfide) groups is 1. The van der Waals surface area contributed by atoms with Gasteiger partial charge >= 0.3 is 0 Å². The molecule has 1 aromatic heterocycles. The van der Waals surface area contributed by atoms with Gasteiger partial charge < -0.3 is 5.32 Å². The Hall–Kier alpha value is -2.60. The van der Waals surface area contributed by atoms with Gasteiger partial charge in [-0.1, -0.05) is 54.2 Å². The number of ketones is 1. The molecule has 0 amide bonds. The first-order valence-corrected chi connectivity index (χ1v) is 10.00. The minimum Gasteiger partial charge on any atom is -0.328 e.